The Kier molecular flexibility index (Phi) is 8.26. The fourth-order valence-corrected chi connectivity index (χ4v) is 3.89. The number of aryl methyl sites for hydroxylation is 1. The summed E-state index contributed by atoms with van der Waals surface area (Å²) in [5.41, 5.74) is 1.61. The van der Waals surface area contributed by atoms with Crippen molar-refractivity contribution in [2.75, 3.05) is 11.1 Å². The van der Waals surface area contributed by atoms with Gasteiger partial charge in [-0.2, -0.15) is 0 Å². The first-order valence-corrected chi connectivity index (χ1v) is 11.3. The summed E-state index contributed by atoms with van der Waals surface area (Å²) in [6, 6.07) is 10.3. The number of anilines is 1. The molecule has 0 aliphatic rings. The summed E-state index contributed by atoms with van der Waals surface area (Å²) < 4.78 is 7.59. The Labute approximate surface area is 199 Å². The number of nitrogens with one attached hydrogen (secondary N) is 1. The van der Waals surface area contributed by atoms with Gasteiger partial charge in [-0.1, -0.05) is 58.7 Å². The second-order valence-electron chi connectivity index (χ2n) is 6.46. The van der Waals surface area contributed by atoms with Crippen molar-refractivity contribution in [3.63, 3.8) is 0 Å². The van der Waals surface area contributed by atoms with Crippen molar-refractivity contribution < 1.29 is 9.53 Å². The van der Waals surface area contributed by atoms with E-state index in [-0.39, 0.29) is 18.3 Å². The van der Waals surface area contributed by atoms with Crippen LogP contribution in [0.1, 0.15) is 11.4 Å². The third-order valence-corrected chi connectivity index (χ3v) is 5.91. The Morgan fingerprint density at radius 1 is 1.19 bits per heavy atom. The second kappa shape index (κ2) is 10.9. The maximum absolute atomic E-state index is 12.4. The van der Waals surface area contributed by atoms with E-state index in [2.05, 4.69) is 22.1 Å². The van der Waals surface area contributed by atoms with Gasteiger partial charge in [-0.05, 0) is 36.8 Å². The molecule has 2 aromatic carbocycles. The predicted molar refractivity (Wildman–Crippen MR) is 127 cm³/mol. The zero-order chi connectivity index (χ0) is 22.4. The Morgan fingerprint density at radius 3 is 2.71 bits per heavy atom. The van der Waals surface area contributed by atoms with Crippen molar-refractivity contribution in [3.8, 4) is 5.75 Å². The highest BCUT2D eigenvalue weighted by molar-refractivity contribution is 7.99. The third-order valence-electron chi connectivity index (χ3n) is 4.16. The number of thioether (sulfide) groups is 1. The van der Waals surface area contributed by atoms with Crippen LogP contribution in [-0.2, 0) is 17.9 Å². The molecule has 0 saturated carbocycles. The molecule has 31 heavy (non-hydrogen) atoms. The number of aromatic nitrogens is 3. The van der Waals surface area contributed by atoms with Gasteiger partial charge in [-0.25, -0.2) is 0 Å². The summed E-state index contributed by atoms with van der Waals surface area (Å²) in [6.07, 6.45) is 1.72. The lowest BCUT2D eigenvalue weighted by atomic mass is 10.2. The van der Waals surface area contributed by atoms with Crippen molar-refractivity contribution >= 4 is 58.2 Å². The third kappa shape index (κ3) is 6.40. The molecule has 162 valence electrons. The zero-order valence-corrected chi connectivity index (χ0v) is 19.7. The fraction of sp³-hybridized carbons (Fsp3) is 0.190. The number of allylic oxidation sites excluding steroid dienone is 1. The number of nitrogens with zero attached hydrogens (tertiary/aromatic N) is 3. The van der Waals surface area contributed by atoms with Crippen LogP contribution >= 0.6 is 46.6 Å². The minimum absolute atomic E-state index is 0.134. The van der Waals surface area contributed by atoms with Crippen molar-refractivity contribution in [1.82, 2.24) is 14.8 Å². The minimum Gasteiger partial charge on any atom is -0.484 e. The molecule has 0 radical (unpaired) electrons. The molecule has 6 nitrogen and oxygen atoms in total. The maximum Gasteiger partial charge on any atom is 0.234 e. The first-order chi connectivity index (χ1) is 14.9. The van der Waals surface area contributed by atoms with Gasteiger partial charge in [-0.15, -0.1) is 16.8 Å². The number of carbonyl (C=O) groups is 1. The molecule has 10 heteroatoms. The van der Waals surface area contributed by atoms with Crippen LogP contribution in [-0.4, -0.2) is 26.4 Å². The number of amides is 1. The Hall–Kier alpha value is -2.19. The van der Waals surface area contributed by atoms with Crippen LogP contribution in [0.15, 0.2) is 54.2 Å². The van der Waals surface area contributed by atoms with E-state index in [1.165, 1.54) is 11.8 Å². The van der Waals surface area contributed by atoms with Gasteiger partial charge < -0.3 is 10.1 Å². The van der Waals surface area contributed by atoms with Gasteiger partial charge in [-0.3, -0.25) is 9.36 Å². The molecule has 0 aliphatic heterocycles. The highest BCUT2D eigenvalue weighted by Gasteiger charge is 2.15. The molecule has 3 rings (SSSR count). The molecule has 1 N–H and O–H groups in total. The van der Waals surface area contributed by atoms with Crippen molar-refractivity contribution in [1.29, 1.82) is 0 Å². The van der Waals surface area contributed by atoms with Crippen LogP contribution in [0.3, 0.4) is 0 Å². The van der Waals surface area contributed by atoms with Crippen LogP contribution in [0.4, 0.5) is 5.69 Å². The largest absolute Gasteiger partial charge is 0.484 e. The summed E-state index contributed by atoms with van der Waals surface area (Å²) in [4.78, 5) is 12.4. The molecule has 0 unspecified atom stereocenters. The average molecular weight is 498 g/mol. The summed E-state index contributed by atoms with van der Waals surface area (Å²) in [6.45, 7) is 6.27. The summed E-state index contributed by atoms with van der Waals surface area (Å²) in [5.74, 6) is 1.01. The summed E-state index contributed by atoms with van der Waals surface area (Å²) in [5, 5.41) is 13.3. The highest BCUT2D eigenvalue weighted by Crippen LogP contribution is 2.29. The first-order valence-electron chi connectivity index (χ1n) is 9.17. The van der Waals surface area contributed by atoms with Crippen LogP contribution in [0.25, 0.3) is 0 Å². The van der Waals surface area contributed by atoms with Gasteiger partial charge in [0.1, 0.15) is 12.4 Å². The van der Waals surface area contributed by atoms with E-state index >= 15 is 0 Å². The standard InChI is InChI=1S/C21H19Cl3N4O2S/c1-3-8-28-19(11-30-18-10-15(23)6-7-16(18)24)26-27-21(28)31-12-20(29)25-17-9-14(22)5-4-13(17)2/h3-7,9-10H,1,8,11-12H2,2H3,(H,25,29). The van der Waals surface area contributed by atoms with E-state index in [1.54, 1.807) is 36.4 Å². The van der Waals surface area contributed by atoms with Gasteiger partial charge in [0, 0.05) is 28.3 Å². The predicted octanol–water partition coefficient (Wildman–Crippen LogP) is 6.04. The second-order valence-corrected chi connectivity index (χ2v) is 8.68. The topological polar surface area (TPSA) is 69.0 Å². The van der Waals surface area contributed by atoms with E-state index in [0.29, 0.717) is 44.0 Å². The van der Waals surface area contributed by atoms with Crippen LogP contribution in [0.2, 0.25) is 15.1 Å². The maximum atomic E-state index is 12.4. The molecule has 0 fully saturated rings. The molecule has 0 saturated heterocycles. The van der Waals surface area contributed by atoms with Gasteiger partial charge in [0.2, 0.25) is 5.91 Å². The number of carbonyl (C=O) groups excluding carboxylic acids is 1. The number of hydrogen-bond acceptors (Lipinski definition) is 5. The number of hydrogen-bond donors (Lipinski definition) is 1. The Bertz CT molecular complexity index is 1100. The normalized spacial score (nSPS) is 10.7. The molecule has 0 spiro atoms. The lowest BCUT2D eigenvalue weighted by Gasteiger charge is -2.11. The van der Waals surface area contributed by atoms with Gasteiger partial charge in [0.25, 0.3) is 0 Å². The van der Waals surface area contributed by atoms with Crippen molar-refractivity contribution in [2.24, 2.45) is 0 Å². The molecular formula is C21H19Cl3N4O2S. The smallest absolute Gasteiger partial charge is 0.234 e. The molecule has 1 aromatic heterocycles. The highest BCUT2D eigenvalue weighted by atomic mass is 35.5. The number of halogens is 3. The average Bonchev–Trinajstić information content (AvgIpc) is 3.12. The molecule has 1 heterocycles. The van der Waals surface area contributed by atoms with Crippen LogP contribution in [0, 0.1) is 6.92 Å². The zero-order valence-electron chi connectivity index (χ0n) is 16.6. The molecular weight excluding hydrogens is 479 g/mol. The summed E-state index contributed by atoms with van der Waals surface area (Å²) in [7, 11) is 0. The molecule has 0 aliphatic carbocycles. The Morgan fingerprint density at radius 2 is 1.94 bits per heavy atom. The molecule has 3 aromatic rings. The molecule has 1 amide bonds. The fourth-order valence-electron chi connectivity index (χ4n) is 2.62. The number of ether oxygens (including phenoxy) is 1. The monoisotopic (exact) mass is 496 g/mol. The van der Waals surface area contributed by atoms with Crippen LogP contribution in [0.5, 0.6) is 5.75 Å². The van der Waals surface area contributed by atoms with E-state index < -0.39 is 0 Å². The lowest BCUT2D eigenvalue weighted by molar-refractivity contribution is -0.113. The minimum atomic E-state index is -0.174. The quantitative estimate of drug-likeness (QED) is 0.288. The Balaban J connectivity index is 1.65. The van der Waals surface area contributed by atoms with Crippen LogP contribution < -0.4 is 10.1 Å². The number of rotatable bonds is 9. The molecule has 0 atom stereocenters. The van der Waals surface area contributed by atoms with Gasteiger partial charge in [0.05, 0.1) is 10.8 Å². The van der Waals surface area contributed by atoms with E-state index in [4.69, 9.17) is 39.5 Å². The number of benzene rings is 2. The van der Waals surface area contributed by atoms with E-state index in [9.17, 15) is 4.79 Å². The van der Waals surface area contributed by atoms with E-state index in [1.807, 2.05) is 17.6 Å². The SMILES string of the molecule is C=CCn1c(COc2cc(Cl)ccc2Cl)nnc1SCC(=O)Nc1cc(Cl)ccc1C. The lowest BCUT2D eigenvalue weighted by Crippen LogP contribution is -2.15. The van der Waals surface area contributed by atoms with E-state index in [0.717, 1.165) is 5.56 Å². The molecule has 0 bridgehead atoms. The van der Waals surface area contributed by atoms with Gasteiger partial charge in [0.15, 0.2) is 11.0 Å². The van der Waals surface area contributed by atoms with Crippen molar-refractivity contribution in [3.05, 3.63) is 75.5 Å². The summed E-state index contributed by atoms with van der Waals surface area (Å²) >= 11 is 19.4. The van der Waals surface area contributed by atoms with Crippen molar-refractivity contribution in [2.45, 2.75) is 25.2 Å². The first kappa shape index (κ1) is 23.5. The van der Waals surface area contributed by atoms with Gasteiger partial charge >= 0.3 is 0 Å².